The second-order valence-electron chi connectivity index (χ2n) is 4.13. The smallest absolute Gasteiger partial charge is 0.121 e. The predicted molar refractivity (Wildman–Crippen MR) is 62.3 cm³/mol. The van der Waals surface area contributed by atoms with E-state index < -0.39 is 0 Å². The van der Waals surface area contributed by atoms with Crippen molar-refractivity contribution < 1.29 is 4.74 Å². The highest BCUT2D eigenvalue weighted by Gasteiger charge is 2.38. The molecule has 1 fully saturated rings. The van der Waals surface area contributed by atoms with Crippen LogP contribution in [-0.2, 0) is 0 Å². The molecule has 2 N–H and O–H groups in total. The molecule has 1 aliphatic carbocycles. The molecule has 3 heteroatoms. The second-order valence-corrected chi connectivity index (χ2v) is 4.57. The first kappa shape index (κ1) is 10.8. The average Bonchev–Trinajstić information content (AvgIpc) is 2.15. The molecule has 82 valence electrons. The zero-order chi connectivity index (χ0) is 10.7. The van der Waals surface area contributed by atoms with Gasteiger partial charge in [-0.3, -0.25) is 0 Å². The fraction of sp³-hybridized carbons (Fsp3) is 0.500. The number of ether oxygens (including phenoxy) is 1. The Kier molecular flexibility index (Phi) is 3.17. The Morgan fingerprint density at radius 2 is 2.20 bits per heavy atom. The average molecular weight is 226 g/mol. The van der Waals surface area contributed by atoms with Gasteiger partial charge in [0, 0.05) is 5.02 Å². The van der Waals surface area contributed by atoms with Crippen LogP contribution in [0.3, 0.4) is 0 Å². The van der Waals surface area contributed by atoms with E-state index in [4.69, 9.17) is 22.1 Å². The van der Waals surface area contributed by atoms with Crippen molar-refractivity contribution >= 4 is 11.6 Å². The van der Waals surface area contributed by atoms with Gasteiger partial charge in [-0.05, 0) is 50.4 Å². The Morgan fingerprint density at radius 1 is 1.40 bits per heavy atom. The maximum absolute atomic E-state index is 5.99. The van der Waals surface area contributed by atoms with Crippen LogP contribution in [0.2, 0.25) is 5.02 Å². The van der Waals surface area contributed by atoms with Crippen LogP contribution >= 0.6 is 11.6 Å². The number of hydrogen-bond donors (Lipinski definition) is 1. The lowest BCUT2D eigenvalue weighted by molar-refractivity contribution is -0.0124. The molecule has 0 heterocycles. The maximum Gasteiger partial charge on any atom is 0.121 e. The first-order valence-electron chi connectivity index (χ1n) is 5.39. The molecule has 0 saturated heterocycles. The van der Waals surface area contributed by atoms with Crippen molar-refractivity contribution in [2.45, 2.75) is 31.3 Å². The molecule has 0 aromatic heterocycles. The summed E-state index contributed by atoms with van der Waals surface area (Å²) < 4.78 is 5.99. The van der Waals surface area contributed by atoms with Crippen LogP contribution in [0.4, 0.5) is 0 Å². The highest BCUT2D eigenvalue weighted by atomic mass is 35.5. The van der Waals surface area contributed by atoms with E-state index in [0.29, 0.717) is 6.54 Å². The molecule has 0 bridgehead atoms. The lowest BCUT2D eigenvalue weighted by Gasteiger charge is -2.41. The number of halogens is 1. The van der Waals surface area contributed by atoms with Crippen LogP contribution in [0.25, 0.3) is 0 Å². The molecule has 0 spiro atoms. The van der Waals surface area contributed by atoms with Crippen molar-refractivity contribution in [2.24, 2.45) is 5.73 Å². The Morgan fingerprint density at radius 3 is 2.73 bits per heavy atom. The minimum absolute atomic E-state index is 0.0145. The van der Waals surface area contributed by atoms with Crippen LogP contribution in [0.5, 0.6) is 5.75 Å². The monoisotopic (exact) mass is 225 g/mol. The van der Waals surface area contributed by atoms with Crippen molar-refractivity contribution in [2.75, 3.05) is 6.54 Å². The highest BCUT2D eigenvalue weighted by Crippen LogP contribution is 2.39. The van der Waals surface area contributed by atoms with Crippen LogP contribution in [0.15, 0.2) is 24.3 Å². The number of rotatable bonds is 4. The molecule has 0 aliphatic heterocycles. The summed E-state index contributed by atoms with van der Waals surface area (Å²) in [6.07, 6.45) is 4.38. The summed E-state index contributed by atoms with van der Waals surface area (Å²) in [6.45, 7) is 0.681. The van der Waals surface area contributed by atoms with Gasteiger partial charge in [-0.25, -0.2) is 0 Å². The predicted octanol–water partition coefficient (Wildman–Crippen LogP) is 2.99. The Hall–Kier alpha value is -0.730. The highest BCUT2D eigenvalue weighted by molar-refractivity contribution is 6.30. The number of nitrogens with two attached hydrogens (primary N) is 1. The molecule has 0 amide bonds. The molecule has 2 rings (SSSR count). The molecule has 1 aromatic rings. The van der Waals surface area contributed by atoms with Crippen LogP contribution in [0.1, 0.15) is 25.7 Å². The van der Waals surface area contributed by atoms with E-state index in [1.165, 1.54) is 6.42 Å². The third-order valence-corrected chi connectivity index (χ3v) is 3.23. The van der Waals surface area contributed by atoms with Crippen molar-refractivity contribution in [3.05, 3.63) is 29.3 Å². The van der Waals surface area contributed by atoms with E-state index in [9.17, 15) is 0 Å². The summed E-state index contributed by atoms with van der Waals surface area (Å²) in [5, 5.41) is 0.717. The van der Waals surface area contributed by atoms with Crippen molar-refractivity contribution in [3.63, 3.8) is 0 Å². The van der Waals surface area contributed by atoms with Gasteiger partial charge in [0.2, 0.25) is 0 Å². The third-order valence-electron chi connectivity index (χ3n) is 3.00. The van der Waals surface area contributed by atoms with Crippen molar-refractivity contribution in [1.29, 1.82) is 0 Å². The van der Waals surface area contributed by atoms with Gasteiger partial charge >= 0.3 is 0 Å². The van der Waals surface area contributed by atoms with Gasteiger partial charge in [-0.15, -0.1) is 0 Å². The normalized spacial score (nSPS) is 18.3. The minimum atomic E-state index is -0.0145. The molecule has 0 atom stereocenters. The fourth-order valence-corrected chi connectivity index (χ4v) is 2.20. The second kappa shape index (κ2) is 4.42. The molecular weight excluding hydrogens is 210 g/mol. The van der Waals surface area contributed by atoms with Gasteiger partial charge in [0.1, 0.15) is 11.4 Å². The summed E-state index contributed by atoms with van der Waals surface area (Å²) in [6, 6.07) is 7.57. The number of benzene rings is 1. The number of hydrogen-bond acceptors (Lipinski definition) is 2. The largest absolute Gasteiger partial charge is 0.487 e. The standard InChI is InChI=1S/C12H16ClNO/c13-10-3-1-4-11(9-10)15-12(7-8-14)5-2-6-12/h1,3-4,9H,2,5-8,14H2. The summed E-state index contributed by atoms with van der Waals surface area (Å²) in [7, 11) is 0. The van der Waals surface area contributed by atoms with Gasteiger partial charge < -0.3 is 10.5 Å². The first-order valence-corrected chi connectivity index (χ1v) is 5.77. The molecule has 0 radical (unpaired) electrons. The summed E-state index contributed by atoms with van der Waals surface area (Å²) >= 11 is 5.91. The Bertz CT molecular complexity index is 336. The van der Waals surface area contributed by atoms with E-state index in [1.54, 1.807) is 0 Å². The lowest BCUT2D eigenvalue weighted by Crippen LogP contribution is -2.44. The molecule has 1 saturated carbocycles. The summed E-state index contributed by atoms with van der Waals surface area (Å²) in [5.74, 6) is 0.857. The zero-order valence-electron chi connectivity index (χ0n) is 8.71. The first-order chi connectivity index (χ1) is 7.24. The van der Waals surface area contributed by atoms with Crippen LogP contribution < -0.4 is 10.5 Å². The van der Waals surface area contributed by atoms with E-state index in [2.05, 4.69) is 0 Å². The van der Waals surface area contributed by atoms with Gasteiger partial charge in [0.25, 0.3) is 0 Å². The maximum atomic E-state index is 5.99. The summed E-state index contributed by atoms with van der Waals surface area (Å²) in [5.41, 5.74) is 5.59. The van der Waals surface area contributed by atoms with Gasteiger partial charge in [0.05, 0.1) is 0 Å². The SMILES string of the molecule is NCCC1(Oc2cccc(Cl)c2)CCC1. The quantitative estimate of drug-likeness (QED) is 0.855. The van der Waals surface area contributed by atoms with Gasteiger partial charge in [-0.1, -0.05) is 17.7 Å². The third kappa shape index (κ3) is 2.44. The van der Waals surface area contributed by atoms with Crippen molar-refractivity contribution in [3.8, 4) is 5.75 Å². The lowest BCUT2D eigenvalue weighted by atomic mass is 9.77. The van der Waals surface area contributed by atoms with E-state index in [-0.39, 0.29) is 5.60 Å². The van der Waals surface area contributed by atoms with Crippen LogP contribution in [0, 0.1) is 0 Å². The topological polar surface area (TPSA) is 35.2 Å². The molecule has 15 heavy (non-hydrogen) atoms. The Labute approximate surface area is 95.4 Å². The van der Waals surface area contributed by atoms with Crippen LogP contribution in [-0.4, -0.2) is 12.1 Å². The molecule has 1 aromatic carbocycles. The fourth-order valence-electron chi connectivity index (χ4n) is 2.02. The minimum Gasteiger partial charge on any atom is -0.487 e. The molecule has 2 nitrogen and oxygen atoms in total. The van der Waals surface area contributed by atoms with Gasteiger partial charge in [0.15, 0.2) is 0 Å². The van der Waals surface area contributed by atoms with Crippen molar-refractivity contribution in [1.82, 2.24) is 0 Å². The van der Waals surface area contributed by atoms with E-state index >= 15 is 0 Å². The Balaban J connectivity index is 2.06. The summed E-state index contributed by atoms with van der Waals surface area (Å²) in [4.78, 5) is 0. The molecular formula is C12H16ClNO. The molecule has 0 unspecified atom stereocenters. The zero-order valence-corrected chi connectivity index (χ0v) is 9.46. The molecule has 1 aliphatic rings. The van der Waals surface area contributed by atoms with E-state index in [0.717, 1.165) is 30.0 Å². The van der Waals surface area contributed by atoms with Gasteiger partial charge in [-0.2, -0.15) is 0 Å². The van der Waals surface area contributed by atoms with E-state index in [1.807, 2.05) is 24.3 Å².